The number of para-hydroxylation sites is 1. The molecular weight excluding hydrogens is 288 g/mol. The minimum absolute atomic E-state index is 0.557. The number of nitrogens with one attached hydrogen (secondary N) is 1. The van der Waals surface area contributed by atoms with E-state index in [1.807, 2.05) is 12.1 Å². The minimum Gasteiger partial charge on any atom is -0.353 e. The SMILES string of the molecule is CCc1ccccc1Nc1nncc(N2CCN(CC)CC2)n1. The van der Waals surface area contributed by atoms with E-state index >= 15 is 0 Å². The van der Waals surface area contributed by atoms with E-state index in [1.54, 1.807) is 6.20 Å². The number of hydrogen-bond donors (Lipinski definition) is 1. The second-order valence-corrected chi connectivity index (χ2v) is 5.70. The molecule has 0 aliphatic carbocycles. The predicted octanol–water partition coefficient (Wildman–Crippen LogP) is 2.32. The third-order valence-corrected chi connectivity index (χ3v) is 4.33. The maximum absolute atomic E-state index is 4.64. The van der Waals surface area contributed by atoms with Crippen LogP contribution in [0.5, 0.6) is 0 Å². The van der Waals surface area contributed by atoms with E-state index in [-0.39, 0.29) is 0 Å². The summed E-state index contributed by atoms with van der Waals surface area (Å²) in [5.41, 5.74) is 2.29. The molecule has 1 aliphatic heterocycles. The Hall–Kier alpha value is -2.21. The predicted molar refractivity (Wildman–Crippen MR) is 93.3 cm³/mol. The summed E-state index contributed by atoms with van der Waals surface area (Å²) in [6, 6.07) is 8.23. The smallest absolute Gasteiger partial charge is 0.249 e. The van der Waals surface area contributed by atoms with Gasteiger partial charge in [0, 0.05) is 31.9 Å². The number of aromatic nitrogens is 3. The van der Waals surface area contributed by atoms with Crippen molar-refractivity contribution in [3.05, 3.63) is 36.0 Å². The third-order valence-electron chi connectivity index (χ3n) is 4.33. The first-order valence-electron chi connectivity index (χ1n) is 8.32. The number of likely N-dealkylation sites (N-methyl/N-ethyl adjacent to an activating group) is 1. The zero-order chi connectivity index (χ0) is 16.1. The van der Waals surface area contributed by atoms with Crippen LogP contribution in [0.4, 0.5) is 17.5 Å². The molecule has 1 aliphatic rings. The summed E-state index contributed by atoms with van der Waals surface area (Å²) in [4.78, 5) is 9.36. The van der Waals surface area contributed by atoms with E-state index in [2.05, 4.69) is 56.3 Å². The summed E-state index contributed by atoms with van der Waals surface area (Å²) in [6.45, 7) is 9.56. The van der Waals surface area contributed by atoms with Gasteiger partial charge >= 0.3 is 0 Å². The monoisotopic (exact) mass is 312 g/mol. The summed E-state index contributed by atoms with van der Waals surface area (Å²) < 4.78 is 0. The van der Waals surface area contributed by atoms with Gasteiger partial charge in [-0.1, -0.05) is 32.0 Å². The quantitative estimate of drug-likeness (QED) is 0.914. The van der Waals surface area contributed by atoms with Crippen LogP contribution < -0.4 is 10.2 Å². The first-order chi connectivity index (χ1) is 11.3. The molecule has 1 aromatic carbocycles. The molecule has 1 fully saturated rings. The lowest BCUT2D eigenvalue weighted by Gasteiger charge is -2.34. The van der Waals surface area contributed by atoms with Gasteiger partial charge in [-0.25, -0.2) is 0 Å². The van der Waals surface area contributed by atoms with Gasteiger partial charge in [0.2, 0.25) is 5.95 Å². The molecular formula is C17H24N6. The second kappa shape index (κ2) is 7.37. The van der Waals surface area contributed by atoms with E-state index in [1.165, 1.54) is 5.56 Å². The Morgan fingerprint density at radius 3 is 2.61 bits per heavy atom. The van der Waals surface area contributed by atoms with Crippen molar-refractivity contribution in [3.63, 3.8) is 0 Å². The lowest BCUT2D eigenvalue weighted by Crippen LogP contribution is -2.46. The van der Waals surface area contributed by atoms with Crippen molar-refractivity contribution in [2.45, 2.75) is 20.3 Å². The van der Waals surface area contributed by atoms with E-state index in [0.29, 0.717) is 5.95 Å². The molecule has 23 heavy (non-hydrogen) atoms. The Labute approximate surface area is 137 Å². The van der Waals surface area contributed by atoms with Crippen LogP contribution in [0.15, 0.2) is 30.5 Å². The van der Waals surface area contributed by atoms with Crippen molar-refractivity contribution < 1.29 is 0 Å². The van der Waals surface area contributed by atoms with Crippen molar-refractivity contribution in [2.75, 3.05) is 42.9 Å². The topological polar surface area (TPSA) is 57.2 Å². The molecule has 1 aromatic heterocycles. The Morgan fingerprint density at radius 1 is 1.09 bits per heavy atom. The van der Waals surface area contributed by atoms with Gasteiger partial charge in [0.25, 0.3) is 0 Å². The fourth-order valence-electron chi connectivity index (χ4n) is 2.86. The number of piperazine rings is 1. The molecule has 0 saturated carbocycles. The summed E-state index contributed by atoms with van der Waals surface area (Å²) >= 11 is 0. The number of hydrogen-bond acceptors (Lipinski definition) is 6. The van der Waals surface area contributed by atoms with Crippen molar-refractivity contribution in [1.82, 2.24) is 20.1 Å². The van der Waals surface area contributed by atoms with Crippen LogP contribution in [0.1, 0.15) is 19.4 Å². The fraction of sp³-hybridized carbons (Fsp3) is 0.471. The van der Waals surface area contributed by atoms with Crippen molar-refractivity contribution in [3.8, 4) is 0 Å². The first-order valence-corrected chi connectivity index (χ1v) is 8.32. The molecule has 0 unspecified atom stereocenters. The standard InChI is InChI=1S/C17H24N6/c1-3-14-7-5-6-8-15(14)19-17-20-16(13-18-21-17)23-11-9-22(4-2)10-12-23/h5-8,13H,3-4,9-12H2,1-2H3,(H,19,20,21). The van der Waals surface area contributed by atoms with Crippen LogP contribution in [0, 0.1) is 0 Å². The lowest BCUT2D eigenvalue weighted by atomic mass is 10.1. The van der Waals surface area contributed by atoms with Gasteiger partial charge in [0.1, 0.15) is 0 Å². The zero-order valence-corrected chi connectivity index (χ0v) is 13.9. The average molecular weight is 312 g/mol. The molecule has 1 saturated heterocycles. The molecule has 0 radical (unpaired) electrons. The number of anilines is 3. The third kappa shape index (κ3) is 3.76. The van der Waals surface area contributed by atoms with Crippen LogP contribution in [-0.4, -0.2) is 52.8 Å². The van der Waals surface area contributed by atoms with Crippen molar-refractivity contribution in [1.29, 1.82) is 0 Å². The summed E-state index contributed by atoms with van der Waals surface area (Å²) in [5, 5.41) is 11.5. The molecule has 0 amide bonds. The minimum atomic E-state index is 0.557. The Morgan fingerprint density at radius 2 is 1.87 bits per heavy atom. The summed E-state index contributed by atoms with van der Waals surface area (Å²) in [6.07, 6.45) is 2.72. The van der Waals surface area contributed by atoms with Gasteiger partial charge in [-0.15, -0.1) is 5.10 Å². The van der Waals surface area contributed by atoms with Gasteiger partial charge in [-0.05, 0) is 24.6 Å². The second-order valence-electron chi connectivity index (χ2n) is 5.70. The fourth-order valence-corrected chi connectivity index (χ4v) is 2.86. The lowest BCUT2D eigenvalue weighted by molar-refractivity contribution is 0.270. The van der Waals surface area contributed by atoms with E-state index in [0.717, 1.165) is 50.6 Å². The molecule has 6 nitrogen and oxygen atoms in total. The largest absolute Gasteiger partial charge is 0.353 e. The molecule has 2 heterocycles. The van der Waals surface area contributed by atoms with Crippen LogP contribution in [0.2, 0.25) is 0 Å². The molecule has 3 rings (SSSR count). The van der Waals surface area contributed by atoms with Gasteiger partial charge in [0.05, 0.1) is 6.20 Å². The van der Waals surface area contributed by atoms with Crippen LogP contribution in [0.25, 0.3) is 0 Å². The molecule has 0 atom stereocenters. The number of rotatable bonds is 5. The first kappa shape index (κ1) is 15.7. The average Bonchev–Trinajstić information content (AvgIpc) is 2.62. The van der Waals surface area contributed by atoms with Gasteiger partial charge in [-0.2, -0.15) is 10.1 Å². The van der Waals surface area contributed by atoms with Gasteiger partial charge in [0.15, 0.2) is 5.82 Å². The van der Waals surface area contributed by atoms with Gasteiger partial charge in [-0.3, -0.25) is 0 Å². The molecule has 122 valence electrons. The van der Waals surface area contributed by atoms with E-state index < -0.39 is 0 Å². The maximum Gasteiger partial charge on any atom is 0.249 e. The van der Waals surface area contributed by atoms with Crippen LogP contribution in [-0.2, 0) is 6.42 Å². The molecule has 0 bridgehead atoms. The molecule has 2 aromatic rings. The van der Waals surface area contributed by atoms with Crippen molar-refractivity contribution in [2.24, 2.45) is 0 Å². The highest BCUT2D eigenvalue weighted by Gasteiger charge is 2.17. The van der Waals surface area contributed by atoms with Crippen molar-refractivity contribution >= 4 is 17.5 Å². The molecule has 0 spiro atoms. The summed E-state index contributed by atoms with van der Waals surface area (Å²) in [7, 11) is 0. The highest BCUT2D eigenvalue weighted by molar-refractivity contribution is 5.59. The van der Waals surface area contributed by atoms with E-state index in [9.17, 15) is 0 Å². The zero-order valence-electron chi connectivity index (χ0n) is 13.9. The van der Waals surface area contributed by atoms with Crippen LogP contribution in [0.3, 0.4) is 0 Å². The molecule has 6 heteroatoms. The van der Waals surface area contributed by atoms with Crippen LogP contribution >= 0.6 is 0 Å². The number of benzene rings is 1. The maximum atomic E-state index is 4.64. The normalized spacial score (nSPS) is 15.7. The summed E-state index contributed by atoms with van der Waals surface area (Å²) in [5.74, 6) is 1.45. The molecule has 1 N–H and O–H groups in total. The van der Waals surface area contributed by atoms with E-state index in [4.69, 9.17) is 0 Å². The van der Waals surface area contributed by atoms with Gasteiger partial charge < -0.3 is 15.1 Å². The Bertz CT molecular complexity index is 636. The number of nitrogens with zero attached hydrogens (tertiary/aromatic N) is 5. The number of aryl methyl sites for hydroxylation is 1. The highest BCUT2D eigenvalue weighted by atomic mass is 15.3. The Kier molecular flexibility index (Phi) is 5.02. The highest BCUT2D eigenvalue weighted by Crippen LogP contribution is 2.20. The Balaban J connectivity index is 1.73.